The van der Waals surface area contributed by atoms with E-state index in [1.807, 2.05) is 6.92 Å². The molecule has 1 heterocycles. The fourth-order valence-electron chi connectivity index (χ4n) is 1.36. The topological polar surface area (TPSA) is 93.3 Å². The molecule has 0 aliphatic rings. The van der Waals surface area contributed by atoms with Crippen LogP contribution in [0.5, 0.6) is 0 Å². The SMILES string of the molecule is CC[C@H](COC(=O)c1c[nH]cn1)NC(=O)OC(C)(C)C. The third kappa shape index (κ3) is 5.73. The molecule has 0 aromatic carbocycles. The first-order chi connectivity index (χ1) is 9.31. The molecule has 1 amide bonds. The van der Waals surface area contributed by atoms with Gasteiger partial charge in [0.2, 0.25) is 0 Å². The molecule has 0 radical (unpaired) electrons. The van der Waals surface area contributed by atoms with Gasteiger partial charge in [-0.15, -0.1) is 0 Å². The molecule has 0 aliphatic heterocycles. The van der Waals surface area contributed by atoms with Gasteiger partial charge in [-0.3, -0.25) is 0 Å². The molecular formula is C13H21N3O4. The van der Waals surface area contributed by atoms with E-state index in [1.54, 1.807) is 20.8 Å². The van der Waals surface area contributed by atoms with Crippen molar-refractivity contribution in [3.63, 3.8) is 0 Å². The Bertz CT molecular complexity index is 437. The minimum atomic E-state index is -0.561. The summed E-state index contributed by atoms with van der Waals surface area (Å²) < 4.78 is 10.2. The summed E-state index contributed by atoms with van der Waals surface area (Å²) in [7, 11) is 0. The van der Waals surface area contributed by atoms with Crippen LogP contribution in [0.4, 0.5) is 4.79 Å². The van der Waals surface area contributed by atoms with Crippen LogP contribution in [0.2, 0.25) is 0 Å². The lowest BCUT2D eigenvalue weighted by molar-refractivity contribution is 0.0363. The van der Waals surface area contributed by atoms with E-state index in [9.17, 15) is 9.59 Å². The zero-order valence-electron chi connectivity index (χ0n) is 12.2. The van der Waals surface area contributed by atoms with Crippen LogP contribution in [0.1, 0.15) is 44.6 Å². The van der Waals surface area contributed by atoms with Crippen molar-refractivity contribution in [2.24, 2.45) is 0 Å². The first-order valence-electron chi connectivity index (χ1n) is 6.47. The zero-order valence-corrected chi connectivity index (χ0v) is 12.2. The summed E-state index contributed by atoms with van der Waals surface area (Å²) in [5.41, 5.74) is -0.356. The number of carbonyl (C=O) groups is 2. The van der Waals surface area contributed by atoms with Gasteiger partial charge in [0.25, 0.3) is 0 Å². The van der Waals surface area contributed by atoms with E-state index in [0.717, 1.165) is 0 Å². The van der Waals surface area contributed by atoms with Crippen molar-refractivity contribution >= 4 is 12.1 Å². The first kappa shape index (κ1) is 16.0. The van der Waals surface area contributed by atoms with Gasteiger partial charge in [-0.25, -0.2) is 14.6 Å². The van der Waals surface area contributed by atoms with Crippen molar-refractivity contribution in [2.45, 2.75) is 45.8 Å². The maximum atomic E-state index is 11.6. The molecule has 0 fully saturated rings. The lowest BCUT2D eigenvalue weighted by Gasteiger charge is -2.22. The Morgan fingerprint density at radius 3 is 2.65 bits per heavy atom. The molecule has 0 spiro atoms. The molecule has 1 aromatic heterocycles. The Balaban J connectivity index is 2.40. The van der Waals surface area contributed by atoms with E-state index in [4.69, 9.17) is 9.47 Å². The smallest absolute Gasteiger partial charge is 0.407 e. The number of rotatable bonds is 5. The van der Waals surface area contributed by atoms with Crippen LogP contribution in [0.3, 0.4) is 0 Å². The van der Waals surface area contributed by atoms with Crippen LogP contribution in [0.15, 0.2) is 12.5 Å². The highest BCUT2D eigenvalue weighted by Gasteiger charge is 2.20. The second-order valence-electron chi connectivity index (χ2n) is 5.30. The normalized spacial score (nSPS) is 12.6. The fraction of sp³-hybridized carbons (Fsp3) is 0.615. The van der Waals surface area contributed by atoms with Gasteiger partial charge in [0.15, 0.2) is 5.69 Å². The van der Waals surface area contributed by atoms with E-state index >= 15 is 0 Å². The third-order valence-corrected chi connectivity index (χ3v) is 2.34. The molecule has 0 saturated heterocycles. The minimum absolute atomic E-state index is 0.0709. The molecular weight excluding hydrogens is 262 g/mol. The van der Waals surface area contributed by atoms with Crippen LogP contribution >= 0.6 is 0 Å². The summed E-state index contributed by atoms with van der Waals surface area (Å²) in [5, 5.41) is 2.66. The molecule has 0 unspecified atom stereocenters. The van der Waals surface area contributed by atoms with Gasteiger partial charge < -0.3 is 19.8 Å². The Morgan fingerprint density at radius 1 is 1.45 bits per heavy atom. The molecule has 20 heavy (non-hydrogen) atoms. The Hall–Kier alpha value is -2.05. The number of aromatic amines is 1. The summed E-state index contributed by atoms with van der Waals surface area (Å²) in [4.78, 5) is 29.7. The van der Waals surface area contributed by atoms with Crippen molar-refractivity contribution in [3.05, 3.63) is 18.2 Å². The van der Waals surface area contributed by atoms with Crippen molar-refractivity contribution in [2.75, 3.05) is 6.61 Å². The van der Waals surface area contributed by atoms with Crippen LogP contribution in [0.25, 0.3) is 0 Å². The molecule has 7 heteroatoms. The average molecular weight is 283 g/mol. The number of aromatic nitrogens is 2. The van der Waals surface area contributed by atoms with Gasteiger partial charge in [-0.05, 0) is 27.2 Å². The highest BCUT2D eigenvalue weighted by molar-refractivity contribution is 5.86. The number of nitrogens with one attached hydrogen (secondary N) is 2. The Morgan fingerprint density at radius 2 is 2.15 bits per heavy atom. The number of alkyl carbamates (subject to hydrolysis) is 1. The number of H-pyrrole nitrogens is 1. The van der Waals surface area contributed by atoms with Gasteiger partial charge in [0.05, 0.1) is 12.4 Å². The summed E-state index contributed by atoms with van der Waals surface area (Å²) in [6.07, 6.45) is 2.94. The molecule has 1 rings (SSSR count). The second kappa shape index (κ2) is 6.93. The van der Waals surface area contributed by atoms with Crippen LogP contribution in [0, 0.1) is 0 Å². The fourth-order valence-corrected chi connectivity index (χ4v) is 1.36. The number of esters is 1. The predicted molar refractivity (Wildman–Crippen MR) is 72.3 cm³/mol. The van der Waals surface area contributed by atoms with Crippen molar-refractivity contribution in [1.82, 2.24) is 15.3 Å². The monoisotopic (exact) mass is 283 g/mol. The van der Waals surface area contributed by atoms with E-state index in [-0.39, 0.29) is 18.3 Å². The predicted octanol–water partition coefficient (Wildman–Crippen LogP) is 1.87. The van der Waals surface area contributed by atoms with Crippen LogP contribution < -0.4 is 5.32 Å². The van der Waals surface area contributed by atoms with Gasteiger partial charge in [-0.2, -0.15) is 0 Å². The van der Waals surface area contributed by atoms with E-state index in [1.165, 1.54) is 12.5 Å². The number of hydrogen-bond acceptors (Lipinski definition) is 5. The number of amides is 1. The number of carbonyl (C=O) groups excluding carboxylic acids is 2. The largest absolute Gasteiger partial charge is 0.459 e. The van der Waals surface area contributed by atoms with E-state index in [0.29, 0.717) is 6.42 Å². The summed E-state index contributed by atoms with van der Waals surface area (Å²) in [6, 6.07) is -0.298. The molecule has 2 N–H and O–H groups in total. The first-order valence-corrected chi connectivity index (χ1v) is 6.47. The maximum Gasteiger partial charge on any atom is 0.407 e. The summed E-state index contributed by atoms with van der Waals surface area (Å²) in [5.74, 6) is -0.532. The number of hydrogen-bond donors (Lipinski definition) is 2. The zero-order chi connectivity index (χ0) is 15.2. The standard InChI is InChI=1S/C13H21N3O4/c1-5-9(16-12(18)20-13(2,3)4)7-19-11(17)10-6-14-8-15-10/h6,8-9H,5,7H2,1-4H3,(H,14,15)(H,16,18)/t9-/m1/s1. The minimum Gasteiger partial charge on any atom is -0.459 e. The number of nitrogens with zero attached hydrogens (tertiary/aromatic N) is 1. The van der Waals surface area contributed by atoms with Gasteiger partial charge in [0, 0.05) is 6.20 Å². The maximum absolute atomic E-state index is 11.6. The second-order valence-corrected chi connectivity index (χ2v) is 5.30. The van der Waals surface area contributed by atoms with Gasteiger partial charge in [-0.1, -0.05) is 6.92 Å². The van der Waals surface area contributed by atoms with Crippen molar-refractivity contribution in [1.29, 1.82) is 0 Å². The Labute approximate surface area is 118 Å². The van der Waals surface area contributed by atoms with E-state index < -0.39 is 17.7 Å². The van der Waals surface area contributed by atoms with Gasteiger partial charge >= 0.3 is 12.1 Å². The lowest BCUT2D eigenvalue weighted by Crippen LogP contribution is -2.41. The molecule has 7 nitrogen and oxygen atoms in total. The molecule has 1 aromatic rings. The van der Waals surface area contributed by atoms with Crippen molar-refractivity contribution in [3.8, 4) is 0 Å². The lowest BCUT2D eigenvalue weighted by atomic mass is 10.2. The van der Waals surface area contributed by atoms with Crippen molar-refractivity contribution < 1.29 is 19.1 Å². The van der Waals surface area contributed by atoms with Crippen LogP contribution in [-0.2, 0) is 9.47 Å². The highest BCUT2D eigenvalue weighted by atomic mass is 16.6. The summed E-state index contributed by atoms with van der Waals surface area (Å²) >= 11 is 0. The highest BCUT2D eigenvalue weighted by Crippen LogP contribution is 2.07. The van der Waals surface area contributed by atoms with Crippen LogP contribution in [-0.4, -0.2) is 40.3 Å². The molecule has 112 valence electrons. The molecule has 0 saturated carbocycles. The van der Waals surface area contributed by atoms with E-state index in [2.05, 4.69) is 15.3 Å². The molecule has 1 atom stereocenters. The summed E-state index contributed by atoms with van der Waals surface area (Å²) in [6.45, 7) is 7.30. The average Bonchev–Trinajstić information content (AvgIpc) is 2.85. The third-order valence-electron chi connectivity index (χ3n) is 2.34. The number of imidazole rings is 1. The molecule has 0 bridgehead atoms. The Kier molecular flexibility index (Phi) is 5.54. The number of ether oxygens (including phenoxy) is 2. The van der Waals surface area contributed by atoms with Gasteiger partial charge in [0.1, 0.15) is 12.2 Å². The quantitative estimate of drug-likeness (QED) is 0.805. The molecule has 0 aliphatic carbocycles.